The molecule has 2 aliphatic heterocycles. The van der Waals surface area contributed by atoms with Crippen LogP contribution in [0.2, 0.25) is 0 Å². The molecule has 12 nitrogen and oxygen atoms in total. The minimum atomic E-state index is -1.05. The first-order chi connectivity index (χ1) is 18.5. The lowest BCUT2D eigenvalue weighted by molar-refractivity contribution is -0.121. The lowest BCUT2D eigenvalue weighted by Gasteiger charge is -2.16. The number of carbonyl (C=O) groups excluding carboxylic acids is 3. The smallest absolute Gasteiger partial charge is 0.323 e. The summed E-state index contributed by atoms with van der Waals surface area (Å²) in [6, 6.07) is 13.8. The molecule has 2 aliphatic rings. The number of aryl methyl sites for hydroxylation is 2. The summed E-state index contributed by atoms with van der Waals surface area (Å²) in [4.78, 5) is 71.5. The Morgan fingerprint density at radius 2 is 1.27 bits per heavy atom. The van der Waals surface area contributed by atoms with E-state index in [1.54, 1.807) is 56.8 Å². The van der Waals surface area contributed by atoms with Crippen LogP contribution >= 0.6 is 0 Å². The molecule has 2 fully saturated rings. The summed E-state index contributed by atoms with van der Waals surface area (Å²) in [5, 5.41) is 2.54. The molecule has 0 saturated carbocycles. The summed E-state index contributed by atoms with van der Waals surface area (Å²) in [5.41, 5.74) is 0.929. The average Bonchev–Trinajstić information content (AvgIpc) is 3.42. The van der Waals surface area contributed by atoms with E-state index in [1.807, 2.05) is 24.3 Å². The van der Waals surface area contributed by atoms with Crippen LogP contribution in [0.1, 0.15) is 34.1 Å². The van der Waals surface area contributed by atoms with Crippen LogP contribution in [0.5, 0.6) is 0 Å². The zero-order valence-corrected chi connectivity index (χ0v) is 22.0. The second-order valence-electron chi connectivity index (χ2n) is 9.92. The first-order valence-corrected chi connectivity index (χ1v) is 12.4. The molecule has 4 amide bonds. The van der Waals surface area contributed by atoms with Crippen molar-refractivity contribution < 1.29 is 14.4 Å². The highest BCUT2D eigenvalue weighted by molar-refractivity contribution is 6.22. The SMILES string of the molecule is C.Cn1c(=O)c(N2C(=O)NC(C)(C)C2=O)nc2ccccc21.Cn1c(=O)c(N2CCCC2=O)nc2ccccc21. The van der Waals surface area contributed by atoms with Crippen molar-refractivity contribution in [3.63, 3.8) is 0 Å². The normalized spacial score (nSPS) is 16.1. The van der Waals surface area contributed by atoms with Gasteiger partial charge in [0.25, 0.3) is 17.0 Å². The number of imide groups is 1. The predicted octanol–water partition coefficient (Wildman–Crippen LogP) is 2.46. The standard InChI is InChI=1S/C14H14N4O3.C13H13N3O2.CH4/c1-14(2)12(20)18(13(21)16-14)10-11(19)17(3)9-7-5-4-6-8(9)15-10;1-15-10-6-3-2-5-9(10)14-12(13(15)18)16-8-4-7-11(16)17;/h4-7H,1-3H3,(H,16,21);2-3,5-6H,4,7-8H2,1H3;1H4. The number of fused-ring (bicyclic) bond motifs is 2. The Morgan fingerprint density at radius 1 is 0.775 bits per heavy atom. The molecular formula is C28H31N7O5. The van der Waals surface area contributed by atoms with Crippen LogP contribution in [-0.2, 0) is 23.7 Å². The van der Waals surface area contributed by atoms with Crippen molar-refractivity contribution in [2.75, 3.05) is 16.3 Å². The lowest BCUT2D eigenvalue weighted by Crippen LogP contribution is -2.41. The van der Waals surface area contributed by atoms with E-state index in [1.165, 1.54) is 9.47 Å². The fourth-order valence-corrected chi connectivity index (χ4v) is 4.66. The Balaban J connectivity index is 0.000000182. The van der Waals surface area contributed by atoms with Crippen LogP contribution < -0.4 is 26.2 Å². The summed E-state index contributed by atoms with van der Waals surface area (Å²) in [6.07, 6.45) is 1.29. The van der Waals surface area contributed by atoms with Crippen molar-refractivity contribution in [1.82, 2.24) is 24.4 Å². The van der Waals surface area contributed by atoms with Crippen molar-refractivity contribution in [3.8, 4) is 0 Å². The van der Waals surface area contributed by atoms with Crippen molar-refractivity contribution >= 4 is 51.5 Å². The number of rotatable bonds is 2. The topological polar surface area (TPSA) is 140 Å². The molecule has 0 radical (unpaired) electrons. The van der Waals surface area contributed by atoms with Crippen LogP contribution in [0.15, 0.2) is 58.1 Å². The first-order valence-electron chi connectivity index (χ1n) is 12.4. The predicted molar refractivity (Wildman–Crippen MR) is 152 cm³/mol. The van der Waals surface area contributed by atoms with Crippen molar-refractivity contribution in [3.05, 3.63) is 69.2 Å². The number of carbonyl (C=O) groups is 3. The molecule has 208 valence electrons. The number of hydrogen-bond donors (Lipinski definition) is 1. The zero-order valence-electron chi connectivity index (χ0n) is 22.0. The van der Waals surface area contributed by atoms with Crippen LogP contribution in [0.3, 0.4) is 0 Å². The fourth-order valence-electron chi connectivity index (χ4n) is 4.66. The molecule has 12 heteroatoms. The highest BCUT2D eigenvalue weighted by atomic mass is 16.2. The van der Waals surface area contributed by atoms with Crippen LogP contribution in [0, 0.1) is 0 Å². The van der Waals surface area contributed by atoms with Crippen LogP contribution in [0.4, 0.5) is 16.4 Å². The second-order valence-corrected chi connectivity index (χ2v) is 9.92. The summed E-state index contributed by atoms with van der Waals surface area (Å²) >= 11 is 0. The monoisotopic (exact) mass is 545 g/mol. The first kappa shape index (κ1) is 28.1. The van der Waals surface area contributed by atoms with E-state index >= 15 is 0 Å². The molecule has 2 saturated heterocycles. The third kappa shape index (κ3) is 4.61. The number of nitrogens with one attached hydrogen (secondary N) is 1. The molecule has 0 unspecified atom stereocenters. The number of amides is 4. The molecule has 6 rings (SSSR count). The Hall–Kier alpha value is -4.87. The van der Waals surface area contributed by atoms with Gasteiger partial charge in [-0.25, -0.2) is 19.7 Å². The van der Waals surface area contributed by atoms with Crippen molar-refractivity contribution in [2.45, 2.75) is 39.7 Å². The summed E-state index contributed by atoms with van der Waals surface area (Å²) in [5.74, 6) is -0.440. The van der Waals surface area contributed by atoms with E-state index in [4.69, 9.17) is 0 Å². The van der Waals surface area contributed by atoms with E-state index in [2.05, 4.69) is 15.3 Å². The van der Waals surface area contributed by atoms with Gasteiger partial charge in [-0.15, -0.1) is 0 Å². The van der Waals surface area contributed by atoms with Gasteiger partial charge >= 0.3 is 6.03 Å². The van der Waals surface area contributed by atoms with E-state index in [0.29, 0.717) is 24.0 Å². The van der Waals surface area contributed by atoms with E-state index in [-0.39, 0.29) is 30.5 Å². The largest absolute Gasteiger partial charge is 0.331 e. The van der Waals surface area contributed by atoms with Crippen LogP contribution in [0.25, 0.3) is 22.1 Å². The zero-order chi connectivity index (χ0) is 28.1. The summed E-state index contributed by atoms with van der Waals surface area (Å²) in [6.45, 7) is 3.75. The van der Waals surface area contributed by atoms with Gasteiger partial charge < -0.3 is 14.5 Å². The van der Waals surface area contributed by atoms with Gasteiger partial charge in [0.05, 0.1) is 22.1 Å². The molecule has 0 spiro atoms. The highest BCUT2D eigenvalue weighted by Gasteiger charge is 2.46. The third-order valence-electron chi connectivity index (χ3n) is 6.83. The van der Waals surface area contributed by atoms with Crippen molar-refractivity contribution in [1.29, 1.82) is 0 Å². The molecule has 0 aliphatic carbocycles. The molecule has 1 N–H and O–H groups in total. The summed E-state index contributed by atoms with van der Waals surface area (Å²) < 4.78 is 2.92. The maximum absolute atomic E-state index is 12.4. The Kier molecular flexibility index (Phi) is 7.29. The maximum atomic E-state index is 12.4. The minimum Gasteiger partial charge on any atom is -0.323 e. The van der Waals surface area contributed by atoms with Gasteiger partial charge in [0.2, 0.25) is 17.5 Å². The minimum absolute atomic E-state index is 0. The highest BCUT2D eigenvalue weighted by Crippen LogP contribution is 2.22. The maximum Gasteiger partial charge on any atom is 0.331 e. The van der Waals surface area contributed by atoms with Gasteiger partial charge in [0.1, 0.15) is 5.54 Å². The average molecular weight is 546 g/mol. The molecule has 4 heterocycles. The number of urea groups is 1. The molecular weight excluding hydrogens is 514 g/mol. The number of anilines is 2. The summed E-state index contributed by atoms with van der Waals surface area (Å²) in [7, 11) is 3.29. The second kappa shape index (κ2) is 10.4. The fraction of sp³-hybridized carbons (Fsp3) is 0.321. The van der Waals surface area contributed by atoms with Crippen LogP contribution in [-0.4, -0.2) is 49.0 Å². The number of aromatic nitrogens is 4. The van der Waals surface area contributed by atoms with E-state index in [0.717, 1.165) is 22.4 Å². The molecule has 0 atom stereocenters. The van der Waals surface area contributed by atoms with Gasteiger partial charge in [0, 0.05) is 27.1 Å². The van der Waals surface area contributed by atoms with Gasteiger partial charge in [0.15, 0.2) is 0 Å². The van der Waals surface area contributed by atoms with Gasteiger partial charge in [-0.05, 0) is 44.5 Å². The Labute approximate surface area is 229 Å². The van der Waals surface area contributed by atoms with Gasteiger partial charge in [-0.2, -0.15) is 0 Å². The third-order valence-corrected chi connectivity index (χ3v) is 6.83. The number of nitrogens with zero attached hydrogens (tertiary/aromatic N) is 6. The van der Waals surface area contributed by atoms with Gasteiger partial charge in [-0.1, -0.05) is 31.7 Å². The molecule has 40 heavy (non-hydrogen) atoms. The van der Waals surface area contributed by atoms with Gasteiger partial charge in [-0.3, -0.25) is 24.1 Å². The Bertz CT molecular complexity index is 1790. The number of para-hydroxylation sites is 4. The van der Waals surface area contributed by atoms with E-state index in [9.17, 15) is 24.0 Å². The molecule has 0 bridgehead atoms. The molecule has 4 aromatic rings. The molecule has 2 aromatic heterocycles. The number of hydrogen-bond acceptors (Lipinski definition) is 7. The van der Waals surface area contributed by atoms with E-state index < -0.39 is 23.0 Å². The quantitative estimate of drug-likeness (QED) is 0.382. The molecule has 2 aromatic carbocycles. The number of benzene rings is 2. The van der Waals surface area contributed by atoms with Crippen molar-refractivity contribution in [2.24, 2.45) is 14.1 Å². The lowest BCUT2D eigenvalue weighted by atomic mass is 10.1. The Morgan fingerprint density at radius 3 is 1.75 bits per heavy atom.